The van der Waals surface area contributed by atoms with Gasteiger partial charge in [0.15, 0.2) is 6.61 Å². The molecule has 9 heteroatoms. The Hall–Kier alpha value is -1.64. The Labute approximate surface area is 139 Å². The van der Waals surface area contributed by atoms with E-state index in [1.807, 2.05) is 0 Å². The molecule has 0 heterocycles. The van der Waals surface area contributed by atoms with Crippen LogP contribution in [0.2, 0.25) is 5.02 Å². The maximum absolute atomic E-state index is 12.0. The second-order valence-corrected chi connectivity index (χ2v) is 7.22. The van der Waals surface area contributed by atoms with Gasteiger partial charge in [0.1, 0.15) is 4.90 Å². The first-order valence-electron chi connectivity index (χ1n) is 7.07. The fraction of sp³-hybridized carbons (Fsp3) is 0.429. The number of benzene rings is 1. The summed E-state index contributed by atoms with van der Waals surface area (Å²) in [7, 11) is -3.79. The lowest BCUT2D eigenvalue weighted by atomic mass is 10.4. The van der Waals surface area contributed by atoms with Gasteiger partial charge in [0, 0.05) is 12.6 Å². The standard InChI is InChI=1S/C14H17ClN2O5S/c15-11-3-1-2-4-12(11)23(20,21)16-8-7-14(19)22-9-13(18)17-10-5-6-10/h1-4,10,16H,5-9H2,(H,17,18). The zero-order valence-electron chi connectivity index (χ0n) is 12.2. The van der Waals surface area contributed by atoms with Gasteiger partial charge in [-0.3, -0.25) is 9.59 Å². The van der Waals surface area contributed by atoms with Crippen molar-refractivity contribution in [3.63, 3.8) is 0 Å². The normalized spacial score (nSPS) is 14.3. The first-order valence-corrected chi connectivity index (χ1v) is 8.94. The summed E-state index contributed by atoms with van der Waals surface area (Å²) in [6, 6.07) is 6.19. The van der Waals surface area contributed by atoms with Crippen molar-refractivity contribution in [1.82, 2.24) is 10.0 Å². The summed E-state index contributed by atoms with van der Waals surface area (Å²) in [5, 5.41) is 2.77. The lowest BCUT2D eigenvalue weighted by molar-refractivity contribution is -0.148. The molecule has 0 aliphatic heterocycles. The Morgan fingerprint density at radius 1 is 1.26 bits per heavy atom. The maximum atomic E-state index is 12.0. The molecule has 0 atom stereocenters. The molecule has 0 bridgehead atoms. The molecule has 1 aromatic carbocycles. The van der Waals surface area contributed by atoms with Crippen LogP contribution in [-0.4, -0.2) is 39.5 Å². The highest BCUT2D eigenvalue weighted by molar-refractivity contribution is 7.89. The predicted molar refractivity (Wildman–Crippen MR) is 83.4 cm³/mol. The van der Waals surface area contributed by atoms with Crippen LogP contribution in [0.4, 0.5) is 0 Å². The lowest BCUT2D eigenvalue weighted by Crippen LogP contribution is -2.31. The topological polar surface area (TPSA) is 102 Å². The first-order chi connectivity index (χ1) is 10.9. The number of hydrogen-bond donors (Lipinski definition) is 2. The van der Waals surface area contributed by atoms with Gasteiger partial charge in [-0.15, -0.1) is 0 Å². The van der Waals surface area contributed by atoms with Crippen LogP contribution < -0.4 is 10.0 Å². The van der Waals surface area contributed by atoms with Crippen LogP contribution >= 0.6 is 11.6 Å². The highest BCUT2D eigenvalue weighted by Crippen LogP contribution is 2.20. The first kappa shape index (κ1) is 17.7. The van der Waals surface area contributed by atoms with Crippen molar-refractivity contribution in [2.24, 2.45) is 0 Å². The summed E-state index contributed by atoms with van der Waals surface area (Å²) < 4.78 is 31.1. The Morgan fingerprint density at radius 3 is 2.61 bits per heavy atom. The highest BCUT2D eigenvalue weighted by atomic mass is 35.5. The third-order valence-electron chi connectivity index (χ3n) is 3.05. The number of carbonyl (C=O) groups is 2. The fourth-order valence-electron chi connectivity index (χ4n) is 1.74. The zero-order chi connectivity index (χ0) is 16.9. The van der Waals surface area contributed by atoms with Gasteiger partial charge in [0.2, 0.25) is 10.0 Å². The third-order valence-corrected chi connectivity index (χ3v) is 5.01. The summed E-state index contributed by atoms with van der Waals surface area (Å²) in [6.45, 7) is -0.497. The second kappa shape index (κ2) is 7.76. The molecule has 1 aliphatic carbocycles. The number of esters is 1. The van der Waals surface area contributed by atoms with Crippen LogP contribution in [0, 0.1) is 0 Å². The van der Waals surface area contributed by atoms with Crippen LogP contribution in [0.1, 0.15) is 19.3 Å². The van der Waals surface area contributed by atoms with E-state index in [0.717, 1.165) is 12.8 Å². The van der Waals surface area contributed by atoms with Crippen molar-refractivity contribution in [2.45, 2.75) is 30.2 Å². The van der Waals surface area contributed by atoms with Crippen molar-refractivity contribution in [1.29, 1.82) is 0 Å². The van der Waals surface area contributed by atoms with Gasteiger partial charge in [0.05, 0.1) is 11.4 Å². The van der Waals surface area contributed by atoms with E-state index in [2.05, 4.69) is 10.0 Å². The smallest absolute Gasteiger partial charge is 0.307 e. The maximum Gasteiger partial charge on any atom is 0.307 e. The van der Waals surface area contributed by atoms with Gasteiger partial charge >= 0.3 is 5.97 Å². The molecule has 0 spiro atoms. The van der Waals surface area contributed by atoms with Crippen molar-refractivity contribution >= 4 is 33.5 Å². The van der Waals surface area contributed by atoms with Crippen LogP contribution in [-0.2, 0) is 24.3 Å². The Morgan fingerprint density at radius 2 is 1.96 bits per heavy atom. The highest BCUT2D eigenvalue weighted by Gasteiger charge is 2.23. The van der Waals surface area contributed by atoms with Gasteiger partial charge in [-0.1, -0.05) is 23.7 Å². The van der Waals surface area contributed by atoms with E-state index < -0.39 is 16.0 Å². The predicted octanol–water partition coefficient (Wildman–Crippen LogP) is 0.830. The number of sulfonamides is 1. The average molecular weight is 361 g/mol. The van der Waals surface area contributed by atoms with Crippen molar-refractivity contribution in [3.8, 4) is 0 Å². The molecule has 126 valence electrons. The quantitative estimate of drug-likeness (QED) is 0.669. The van der Waals surface area contributed by atoms with Gasteiger partial charge in [0.25, 0.3) is 5.91 Å². The number of carbonyl (C=O) groups excluding carboxylic acids is 2. The minimum Gasteiger partial charge on any atom is -0.456 e. The molecule has 0 aromatic heterocycles. The van der Waals surface area contributed by atoms with E-state index in [0.29, 0.717) is 0 Å². The number of hydrogen-bond acceptors (Lipinski definition) is 5. The third kappa shape index (κ3) is 5.81. The average Bonchev–Trinajstić information content (AvgIpc) is 3.29. The molecule has 0 unspecified atom stereocenters. The van der Waals surface area contributed by atoms with Gasteiger partial charge in [-0.25, -0.2) is 13.1 Å². The largest absolute Gasteiger partial charge is 0.456 e. The molecule has 1 fully saturated rings. The minimum atomic E-state index is -3.79. The van der Waals surface area contributed by atoms with E-state index in [4.69, 9.17) is 16.3 Å². The molecule has 7 nitrogen and oxygen atoms in total. The summed E-state index contributed by atoms with van der Waals surface area (Å²) in [6.07, 6.45) is 1.72. The van der Waals surface area contributed by atoms with Crippen molar-refractivity contribution in [3.05, 3.63) is 29.3 Å². The number of ether oxygens (including phenoxy) is 1. The number of nitrogens with one attached hydrogen (secondary N) is 2. The zero-order valence-corrected chi connectivity index (χ0v) is 13.8. The van der Waals surface area contributed by atoms with Gasteiger partial charge < -0.3 is 10.1 Å². The number of halogens is 1. The Kier molecular flexibility index (Phi) is 5.97. The SMILES string of the molecule is O=C(COC(=O)CCNS(=O)(=O)c1ccccc1Cl)NC1CC1. The van der Waals surface area contributed by atoms with Crippen LogP contribution in [0.3, 0.4) is 0 Å². The van der Waals surface area contributed by atoms with E-state index in [-0.39, 0.29) is 41.4 Å². The van der Waals surface area contributed by atoms with Crippen LogP contribution in [0.25, 0.3) is 0 Å². The van der Waals surface area contributed by atoms with Gasteiger partial charge in [-0.2, -0.15) is 0 Å². The van der Waals surface area contributed by atoms with E-state index in [1.165, 1.54) is 12.1 Å². The molecule has 0 radical (unpaired) electrons. The fourth-order valence-corrected chi connectivity index (χ4v) is 3.29. The summed E-state index contributed by atoms with van der Waals surface area (Å²) in [4.78, 5) is 22.8. The summed E-state index contributed by atoms with van der Waals surface area (Å²) in [5.41, 5.74) is 0. The monoisotopic (exact) mass is 360 g/mol. The number of amides is 1. The Bertz CT molecular complexity index is 688. The second-order valence-electron chi connectivity index (χ2n) is 5.08. The van der Waals surface area contributed by atoms with E-state index >= 15 is 0 Å². The molecule has 1 amide bonds. The number of rotatable bonds is 8. The molecule has 0 saturated heterocycles. The summed E-state index contributed by atoms with van der Waals surface area (Å²) in [5.74, 6) is -1.00. The molecule has 1 saturated carbocycles. The van der Waals surface area contributed by atoms with Crippen LogP contribution in [0.5, 0.6) is 0 Å². The molecule has 23 heavy (non-hydrogen) atoms. The molecule has 1 aliphatic rings. The van der Waals surface area contributed by atoms with Gasteiger partial charge in [-0.05, 0) is 25.0 Å². The lowest BCUT2D eigenvalue weighted by Gasteiger charge is -2.08. The van der Waals surface area contributed by atoms with Crippen LogP contribution in [0.15, 0.2) is 29.2 Å². The van der Waals surface area contributed by atoms with E-state index in [1.54, 1.807) is 12.1 Å². The summed E-state index contributed by atoms with van der Waals surface area (Å²) >= 11 is 5.83. The minimum absolute atomic E-state index is 0.0566. The van der Waals surface area contributed by atoms with E-state index in [9.17, 15) is 18.0 Å². The molecule has 2 N–H and O–H groups in total. The van der Waals surface area contributed by atoms with Crippen molar-refractivity contribution < 1.29 is 22.7 Å². The Balaban J connectivity index is 1.72. The molecular formula is C14H17ClN2O5S. The molecule has 2 rings (SSSR count). The molecule has 1 aromatic rings. The molecular weight excluding hydrogens is 344 g/mol. The van der Waals surface area contributed by atoms with Crippen molar-refractivity contribution in [2.75, 3.05) is 13.2 Å².